The Labute approximate surface area is 167 Å². The molecule has 0 radical (unpaired) electrons. The van der Waals surface area contributed by atoms with Gasteiger partial charge >= 0.3 is 0 Å². The third-order valence-electron chi connectivity index (χ3n) is 4.95. The van der Waals surface area contributed by atoms with Gasteiger partial charge in [0.15, 0.2) is 0 Å². The first-order valence-electron chi connectivity index (χ1n) is 9.27. The average Bonchev–Trinajstić information content (AvgIpc) is 3.18. The van der Waals surface area contributed by atoms with Crippen molar-refractivity contribution < 1.29 is 9.18 Å². The number of aromatic nitrogens is 2. The zero-order valence-corrected chi connectivity index (χ0v) is 16.5. The molecule has 4 rings (SSSR count). The van der Waals surface area contributed by atoms with Crippen LogP contribution in [-0.2, 0) is 6.42 Å². The van der Waals surface area contributed by atoms with Crippen molar-refractivity contribution >= 4 is 22.6 Å². The van der Waals surface area contributed by atoms with Gasteiger partial charge in [0.2, 0.25) is 5.13 Å². The van der Waals surface area contributed by atoms with E-state index in [9.17, 15) is 9.18 Å². The van der Waals surface area contributed by atoms with E-state index >= 15 is 0 Å². The monoisotopic (exact) mass is 396 g/mol. The molecule has 1 amide bonds. The maximum Gasteiger partial charge on any atom is 0.254 e. The second-order valence-electron chi connectivity index (χ2n) is 6.89. The van der Waals surface area contributed by atoms with E-state index in [1.807, 2.05) is 36.1 Å². The summed E-state index contributed by atoms with van der Waals surface area (Å²) in [6.07, 6.45) is 0.586. The van der Waals surface area contributed by atoms with Gasteiger partial charge < -0.3 is 9.80 Å². The van der Waals surface area contributed by atoms with Crippen molar-refractivity contribution in [2.45, 2.75) is 13.3 Å². The van der Waals surface area contributed by atoms with Crippen LogP contribution < -0.4 is 4.90 Å². The van der Waals surface area contributed by atoms with E-state index in [-0.39, 0.29) is 11.7 Å². The summed E-state index contributed by atoms with van der Waals surface area (Å²) >= 11 is 1.37. The molecule has 1 aromatic heterocycles. The normalized spacial score (nSPS) is 14.4. The highest BCUT2D eigenvalue weighted by Crippen LogP contribution is 2.21. The molecule has 1 fully saturated rings. The minimum atomic E-state index is -0.242. The van der Waals surface area contributed by atoms with E-state index in [1.54, 1.807) is 12.1 Å². The Morgan fingerprint density at radius 1 is 1.07 bits per heavy atom. The fourth-order valence-electron chi connectivity index (χ4n) is 3.31. The summed E-state index contributed by atoms with van der Waals surface area (Å²) in [6.45, 7) is 4.78. The van der Waals surface area contributed by atoms with Crippen molar-refractivity contribution in [1.82, 2.24) is 14.3 Å². The lowest BCUT2D eigenvalue weighted by Crippen LogP contribution is -2.48. The van der Waals surface area contributed by atoms with Gasteiger partial charge in [0.25, 0.3) is 5.91 Å². The smallest absolute Gasteiger partial charge is 0.254 e. The maximum absolute atomic E-state index is 13.0. The highest BCUT2D eigenvalue weighted by molar-refractivity contribution is 7.09. The van der Waals surface area contributed by atoms with E-state index in [2.05, 4.69) is 14.3 Å². The maximum atomic E-state index is 13.0. The molecule has 0 bridgehead atoms. The third-order valence-corrected chi connectivity index (χ3v) is 5.76. The van der Waals surface area contributed by atoms with Crippen molar-refractivity contribution in [3.63, 3.8) is 0 Å². The number of rotatable bonds is 4. The zero-order chi connectivity index (χ0) is 19.5. The van der Waals surface area contributed by atoms with E-state index in [1.165, 1.54) is 23.7 Å². The minimum Gasteiger partial charge on any atom is -0.343 e. The SMILES string of the molecule is Cc1ccccc1C(=O)N1CCN(c2nc(Cc3ccc(F)cc3)ns2)CC1. The standard InChI is InChI=1S/C21H21FN4OS/c1-15-4-2-3-5-18(15)20(27)25-10-12-26(13-11-25)21-23-19(24-28-21)14-16-6-8-17(22)9-7-16/h2-9H,10-14H2,1H3. The Hall–Kier alpha value is -2.80. The van der Waals surface area contributed by atoms with E-state index in [4.69, 9.17) is 0 Å². The largest absolute Gasteiger partial charge is 0.343 e. The topological polar surface area (TPSA) is 49.3 Å². The molecule has 2 heterocycles. The molecule has 7 heteroatoms. The van der Waals surface area contributed by atoms with Crippen LogP contribution in [0.3, 0.4) is 0 Å². The van der Waals surface area contributed by atoms with E-state index in [0.29, 0.717) is 19.5 Å². The minimum absolute atomic E-state index is 0.0898. The third kappa shape index (κ3) is 4.04. The highest BCUT2D eigenvalue weighted by atomic mass is 32.1. The molecule has 5 nitrogen and oxygen atoms in total. The molecule has 1 aliphatic rings. The number of amides is 1. The summed E-state index contributed by atoms with van der Waals surface area (Å²) in [7, 11) is 0. The number of carbonyl (C=O) groups is 1. The van der Waals surface area contributed by atoms with Gasteiger partial charge in [0, 0.05) is 49.7 Å². The number of hydrogen-bond acceptors (Lipinski definition) is 5. The fourth-order valence-corrected chi connectivity index (χ4v) is 4.05. The fraction of sp³-hybridized carbons (Fsp3) is 0.286. The van der Waals surface area contributed by atoms with Crippen molar-refractivity contribution in [3.8, 4) is 0 Å². The quantitative estimate of drug-likeness (QED) is 0.677. The number of nitrogens with zero attached hydrogens (tertiary/aromatic N) is 4. The van der Waals surface area contributed by atoms with Crippen LogP contribution in [0.1, 0.15) is 27.3 Å². The number of benzene rings is 2. The first-order valence-corrected chi connectivity index (χ1v) is 10.0. The van der Waals surface area contributed by atoms with Gasteiger partial charge in [-0.25, -0.2) is 9.37 Å². The predicted molar refractivity (Wildman–Crippen MR) is 108 cm³/mol. The number of hydrogen-bond donors (Lipinski definition) is 0. The molecular formula is C21H21FN4OS. The molecule has 3 aromatic rings. The number of aryl methyl sites for hydroxylation is 1. The van der Waals surface area contributed by atoms with Gasteiger partial charge in [-0.15, -0.1) is 0 Å². The van der Waals surface area contributed by atoms with Gasteiger partial charge in [-0.1, -0.05) is 30.3 Å². The molecule has 1 aliphatic heterocycles. The molecule has 0 spiro atoms. The predicted octanol–water partition coefficient (Wildman–Crippen LogP) is 3.54. The Morgan fingerprint density at radius 3 is 2.50 bits per heavy atom. The van der Waals surface area contributed by atoms with Crippen LogP contribution in [0.2, 0.25) is 0 Å². The highest BCUT2D eigenvalue weighted by Gasteiger charge is 2.24. The second-order valence-corrected chi connectivity index (χ2v) is 7.62. The molecular weight excluding hydrogens is 375 g/mol. The van der Waals surface area contributed by atoms with Crippen molar-refractivity contribution in [3.05, 3.63) is 76.9 Å². The van der Waals surface area contributed by atoms with Gasteiger partial charge in [-0.3, -0.25) is 4.79 Å². The van der Waals surface area contributed by atoms with Crippen molar-refractivity contribution in [2.75, 3.05) is 31.1 Å². The molecule has 0 aliphatic carbocycles. The number of carbonyl (C=O) groups excluding carboxylic acids is 1. The Kier molecular flexibility index (Phi) is 5.34. The summed E-state index contributed by atoms with van der Waals surface area (Å²) in [5, 5.41) is 0.875. The van der Waals surface area contributed by atoms with Gasteiger partial charge in [-0.05, 0) is 36.2 Å². The lowest BCUT2D eigenvalue weighted by atomic mass is 10.1. The molecule has 28 heavy (non-hydrogen) atoms. The molecule has 0 saturated carbocycles. The Morgan fingerprint density at radius 2 is 1.79 bits per heavy atom. The van der Waals surface area contributed by atoms with Crippen LogP contribution in [0, 0.1) is 12.7 Å². The summed E-state index contributed by atoms with van der Waals surface area (Å²) in [4.78, 5) is 21.5. The van der Waals surface area contributed by atoms with Gasteiger partial charge in [-0.2, -0.15) is 4.37 Å². The van der Waals surface area contributed by atoms with Gasteiger partial charge in [0.05, 0.1) is 0 Å². The van der Waals surface area contributed by atoms with Crippen LogP contribution in [0.5, 0.6) is 0 Å². The zero-order valence-electron chi connectivity index (χ0n) is 15.6. The molecule has 1 saturated heterocycles. The van der Waals surface area contributed by atoms with Crippen LogP contribution in [0.15, 0.2) is 48.5 Å². The molecule has 0 atom stereocenters. The average molecular weight is 396 g/mol. The number of halogens is 1. The summed E-state index contributed by atoms with van der Waals surface area (Å²) in [6, 6.07) is 14.1. The van der Waals surface area contributed by atoms with Gasteiger partial charge in [0.1, 0.15) is 11.6 Å². The molecule has 2 aromatic carbocycles. The van der Waals surface area contributed by atoms with Crippen LogP contribution in [0.25, 0.3) is 0 Å². The first kappa shape index (κ1) is 18.6. The number of anilines is 1. The second kappa shape index (κ2) is 8.06. The lowest BCUT2D eigenvalue weighted by molar-refractivity contribution is 0.0746. The summed E-state index contributed by atoms with van der Waals surface area (Å²) in [5.74, 6) is 0.589. The Balaban J connectivity index is 1.36. The lowest BCUT2D eigenvalue weighted by Gasteiger charge is -2.34. The van der Waals surface area contributed by atoms with Crippen LogP contribution in [0.4, 0.5) is 9.52 Å². The molecule has 0 N–H and O–H groups in total. The molecule has 144 valence electrons. The van der Waals surface area contributed by atoms with E-state index in [0.717, 1.165) is 40.7 Å². The number of piperazine rings is 1. The summed E-state index contributed by atoms with van der Waals surface area (Å²) < 4.78 is 17.5. The Bertz CT molecular complexity index is 965. The summed E-state index contributed by atoms with van der Waals surface area (Å²) in [5.41, 5.74) is 2.76. The molecule has 0 unspecified atom stereocenters. The van der Waals surface area contributed by atoms with Crippen molar-refractivity contribution in [1.29, 1.82) is 0 Å². The van der Waals surface area contributed by atoms with Crippen LogP contribution >= 0.6 is 11.5 Å². The van der Waals surface area contributed by atoms with E-state index < -0.39 is 0 Å². The van der Waals surface area contributed by atoms with Crippen molar-refractivity contribution in [2.24, 2.45) is 0 Å². The first-order chi connectivity index (χ1) is 13.6. The van der Waals surface area contributed by atoms with Crippen LogP contribution in [-0.4, -0.2) is 46.3 Å².